The number of benzene rings is 1. The molecule has 0 aliphatic rings. The van der Waals surface area contributed by atoms with Crippen molar-refractivity contribution in [3.8, 4) is 5.75 Å². The number of carboxylic acids is 2. The van der Waals surface area contributed by atoms with Crippen LogP contribution in [0.2, 0.25) is 0 Å². The van der Waals surface area contributed by atoms with Crippen LogP contribution >= 0.6 is 0 Å². The maximum atomic E-state index is 10.2. The van der Waals surface area contributed by atoms with Crippen LogP contribution in [0.5, 0.6) is 5.75 Å². The van der Waals surface area contributed by atoms with E-state index in [1.54, 1.807) is 12.1 Å². The fourth-order valence-electron chi connectivity index (χ4n) is 1.39. The predicted octanol–water partition coefficient (Wildman–Crippen LogP) is 1.61. The van der Waals surface area contributed by atoms with E-state index < -0.39 is 11.9 Å². The summed E-state index contributed by atoms with van der Waals surface area (Å²) in [6.45, 7) is 0.666. The highest BCUT2D eigenvalue weighted by molar-refractivity contribution is 5.70. The minimum atomic E-state index is -0.865. The van der Waals surface area contributed by atoms with Crippen LogP contribution < -0.4 is 5.73 Å². The van der Waals surface area contributed by atoms with Gasteiger partial charge in [-0.1, -0.05) is 18.6 Å². The van der Waals surface area contributed by atoms with E-state index in [1.165, 1.54) is 12.1 Å². The molecule has 0 aromatic heterocycles. The fraction of sp³-hybridized carbons (Fsp3) is 0.429. The Morgan fingerprint density at radius 3 is 2.00 bits per heavy atom. The zero-order valence-electron chi connectivity index (χ0n) is 11.3. The molecule has 0 amide bonds. The molecule has 112 valence electrons. The average molecular weight is 283 g/mol. The van der Waals surface area contributed by atoms with Crippen LogP contribution in [-0.2, 0) is 16.0 Å². The van der Waals surface area contributed by atoms with E-state index >= 15 is 0 Å². The molecular formula is C14H21NO5. The van der Waals surface area contributed by atoms with E-state index in [-0.39, 0.29) is 18.6 Å². The number of hydrogen-bond acceptors (Lipinski definition) is 4. The van der Waals surface area contributed by atoms with Gasteiger partial charge in [0.2, 0.25) is 0 Å². The Bertz CT molecular complexity index is 403. The molecule has 0 unspecified atom stereocenters. The molecule has 0 heterocycles. The molecule has 0 bridgehead atoms. The standard InChI is InChI=1S/C8H8O3.C6H13NO2/c9-7-3-1-6(2-4-7)5-8(10)11;7-5-3-1-2-4-6(8)9/h1-4,9H,5H2,(H,10,11);1-5,7H2,(H,8,9). The van der Waals surface area contributed by atoms with Gasteiger partial charge in [0.1, 0.15) is 5.75 Å². The molecular weight excluding hydrogens is 262 g/mol. The second-order valence-corrected chi connectivity index (χ2v) is 4.23. The molecule has 0 fully saturated rings. The topological polar surface area (TPSA) is 121 Å². The molecule has 6 nitrogen and oxygen atoms in total. The van der Waals surface area contributed by atoms with Gasteiger partial charge in [-0.3, -0.25) is 9.59 Å². The quantitative estimate of drug-likeness (QED) is 0.564. The summed E-state index contributed by atoms with van der Waals surface area (Å²) in [7, 11) is 0. The summed E-state index contributed by atoms with van der Waals surface area (Å²) in [5.74, 6) is -1.43. The van der Waals surface area contributed by atoms with Crippen molar-refractivity contribution in [1.29, 1.82) is 0 Å². The van der Waals surface area contributed by atoms with Gasteiger partial charge >= 0.3 is 11.9 Å². The van der Waals surface area contributed by atoms with E-state index in [1.807, 2.05) is 0 Å². The van der Waals surface area contributed by atoms with Crippen molar-refractivity contribution >= 4 is 11.9 Å². The number of phenolic OH excluding ortho intramolecular Hbond substituents is 1. The summed E-state index contributed by atoms with van der Waals surface area (Å²) in [6, 6.07) is 6.11. The highest BCUT2D eigenvalue weighted by Crippen LogP contribution is 2.09. The molecule has 0 atom stereocenters. The molecule has 1 rings (SSSR count). The number of nitrogens with two attached hydrogens (primary N) is 1. The molecule has 5 N–H and O–H groups in total. The van der Waals surface area contributed by atoms with Crippen molar-refractivity contribution < 1.29 is 24.9 Å². The number of hydrogen-bond donors (Lipinski definition) is 4. The second kappa shape index (κ2) is 10.8. The Morgan fingerprint density at radius 1 is 0.950 bits per heavy atom. The summed E-state index contributed by atoms with van der Waals surface area (Å²) >= 11 is 0. The second-order valence-electron chi connectivity index (χ2n) is 4.23. The van der Waals surface area contributed by atoms with Crippen molar-refractivity contribution in [2.75, 3.05) is 6.54 Å². The first-order valence-corrected chi connectivity index (χ1v) is 6.37. The number of carboxylic acid groups (broad SMARTS) is 2. The van der Waals surface area contributed by atoms with Crippen molar-refractivity contribution in [3.05, 3.63) is 29.8 Å². The Hall–Kier alpha value is -2.08. The van der Waals surface area contributed by atoms with Crippen molar-refractivity contribution in [1.82, 2.24) is 0 Å². The van der Waals surface area contributed by atoms with Crippen molar-refractivity contribution in [3.63, 3.8) is 0 Å². The van der Waals surface area contributed by atoms with Gasteiger partial charge in [-0.05, 0) is 37.1 Å². The average Bonchev–Trinajstić information content (AvgIpc) is 2.37. The van der Waals surface area contributed by atoms with Gasteiger partial charge < -0.3 is 21.1 Å². The highest BCUT2D eigenvalue weighted by Gasteiger charge is 1.98. The lowest BCUT2D eigenvalue weighted by atomic mass is 10.1. The molecule has 0 radical (unpaired) electrons. The van der Waals surface area contributed by atoms with Gasteiger partial charge in [0.15, 0.2) is 0 Å². The fourth-order valence-corrected chi connectivity index (χ4v) is 1.39. The van der Waals surface area contributed by atoms with Gasteiger partial charge in [-0.2, -0.15) is 0 Å². The van der Waals surface area contributed by atoms with Crippen LogP contribution in [0, 0.1) is 0 Å². The first-order chi connectivity index (χ1) is 9.45. The van der Waals surface area contributed by atoms with Crippen LogP contribution in [0.1, 0.15) is 31.2 Å². The van der Waals surface area contributed by atoms with E-state index in [2.05, 4.69) is 0 Å². The van der Waals surface area contributed by atoms with Crippen LogP contribution in [-0.4, -0.2) is 33.8 Å². The van der Waals surface area contributed by atoms with Crippen LogP contribution in [0.4, 0.5) is 0 Å². The third-order valence-electron chi connectivity index (χ3n) is 2.39. The Balaban J connectivity index is 0.000000370. The van der Waals surface area contributed by atoms with Gasteiger partial charge in [-0.15, -0.1) is 0 Å². The monoisotopic (exact) mass is 283 g/mol. The zero-order valence-corrected chi connectivity index (χ0v) is 11.3. The number of unbranched alkanes of at least 4 members (excludes halogenated alkanes) is 2. The van der Waals surface area contributed by atoms with Crippen LogP contribution in [0.3, 0.4) is 0 Å². The normalized spacial score (nSPS) is 9.45. The summed E-state index contributed by atoms with van der Waals surface area (Å²) in [4.78, 5) is 20.1. The lowest BCUT2D eigenvalue weighted by Gasteiger charge is -1.95. The Kier molecular flexibility index (Phi) is 9.68. The minimum absolute atomic E-state index is 0.000278. The predicted molar refractivity (Wildman–Crippen MR) is 74.6 cm³/mol. The zero-order chi connectivity index (χ0) is 15.4. The number of carbonyl (C=O) groups is 2. The molecule has 0 saturated heterocycles. The Morgan fingerprint density at radius 2 is 1.55 bits per heavy atom. The van der Waals surface area contributed by atoms with Gasteiger partial charge in [-0.25, -0.2) is 0 Å². The maximum absolute atomic E-state index is 10.2. The van der Waals surface area contributed by atoms with E-state index in [0.717, 1.165) is 19.3 Å². The van der Waals surface area contributed by atoms with Crippen molar-refractivity contribution in [2.24, 2.45) is 5.73 Å². The van der Waals surface area contributed by atoms with Gasteiger partial charge in [0.25, 0.3) is 0 Å². The first kappa shape index (κ1) is 17.9. The first-order valence-electron chi connectivity index (χ1n) is 6.37. The molecule has 0 saturated carbocycles. The lowest BCUT2D eigenvalue weighted by molar-refractivity contribution is -0.137. The molecule has 1 aromatic rings. The summed E-state index contributed by atoms with van der Waals surface area (Å²) in [6.07, 6.45) is 2.91. The maximum Gasteiger partial charge on any atom is 0.307 e. The lowest BCUT2D eigenvalue weighted by Crippen LogP contribution is -1.99. The molecule has 0 spiro atoms. The van der Waals surface area contributed by atoms with Crippen LogP contribution in [0.15, 0.2) is 24.3 Å². The van der Waals surface area contributed by atoms with Crippen molar-refractivity contribution in [2.45, 2.75) is 32.1 Å². The third kappa shape index (κ3) is 11.0. The summed E-state index contributed by atoms with van der Waals surface area (Å²) < 4.78 is 0. The van der Waals surface area contributed by atoms with Gasteiger partial charge in [0, 0.05) is 6.42 Å². The number of phenols is 1. The molecule has 6 heteroatoms. The molecule has 0 aliphatic carbocycles. The highest BCUT2D eigenvalue weighted by atomic mass is 16.4. The number of rotatable bonds is 7. The van der Waals surface area contributed by atoms with E-state index in [4.69, 9.17) is 21.1 Å². The van der Waals surface area contributed by atoms with E-state index in [9.17, 15) is 9.59 Å². The minimum Gasteiger partial charge on any atom is -0.508 e. The van der Waals surface area contributed by atoms with Crippen LogP contribution in [0.25, 0.3) is 0 Å². The van der Waals surface area contributed by atoms with E-state index in [0.29, 0.717) is 12.1 Å². The van der Waals surface area contributed by atoms with Gasteiger partial charge in [0.05, 0.1) is 6.42 Å². The number of aromatic hydroxyl groups is 1. The summed E-state index contributed by atoms with van der Waals surface area (Å²) in [5.41, 5.74) is 5.89. The largest absolute Gasteiger partial charge is 0.508 e. The molecule has 1 aromatic carbocycles. The smallest absolute Gasteiger partial charge is 0.307 e. The SMILES string of the molecule is NCCCCCC(=O)O.O=C(O)Cc1ccc(O)cc1. The third-order valence-corrected chi connectivity index (χ3v) is 2.39. The number of aliphatic carboxylic acids is 2. The molecule has 20 heavy (non-hydrogen) atoms. The molecule has 0 aliphatic heterocycles. The Labute approximate surface area is 117 Å². The summed E-state index contributed by atoms with van der Waals surface area (Å²) in [5, 5.41) is 25.4.